The Morgan fingerprint density at radius 2 is 1.77 bits per heavy atom. The summed E-state index contributed by atoms with van der Waals surface area (Å²) in [5, 5.41) is 2.97. The van der Waals surface area contributed by atoms with Gasteiger partial charge in [0, 0.05) is 32.8 Å². The maximum atomic E-state index is 14.0. The second kappa shape index (κ2) is 13.0. The number of amides is 2. The lowest BCUT2D eigenvalue weighted by Gasteiger charge is -2.31. The molecule has 2 amide bonds. The highest BCUT2D eigenvalue weighted by Crippen LogP contribution is 2.27. The van der Waals surface area contributed by atoms with Crippen LogP contribution in [0.15, 0.2) is 71.1 Å². The molecule has 2 aliphatic heterocycles. The monoisotopic (exact) mass is 535 g/mol. The quantitative estimate of drug-likeness (QED) is 0.424. The van der Waals surface area contributed by atoms with Gasteiger partial charge in [-0.15, -0.1) is 0 Å². The Bertz CT molecular complexity index is 1220. The number of morpholine rings is 1. The molecule has 39 heavy (non-hydrogen) atoms. The van der Waals surface area contributed by atoms with E-state index in [-0.39, 0.29) is 24.3 Å². The molecule has 206 valence electrons. The molecule has 2 saturated heterocycles. The molecule has 0 radical (unpaired) electrons. The van der Waals surface area contributed by atoms with E-state index in [0.717, 1.165) is 31.5 Å². The summed E-state index contributed by atoms with van der Waals surface area (Å²) in [4.78, 5) is 31.4. The van der Waals surface area contributed by atoms with Gasteiger partial charge in [0.1, 0.15) is 17.6 Å². The standard InChI is InChI=1S/C30H34FN3O5/c31-24-10-8-23(9-11-24)28(29(35)32-19-25-7-4-16-38-25)34(20-22-5-2-1-3-6-22)30(36)27-13-12-26(39-27)21-33-14-17-37-18-15-33/h1-3,5-6,8-13,25,28H,4,7,14-21H2,(H,32,35)/t25-,28+/m0/s1. The molecule has 3 heterocycles. The van der Waals surface area contributed by atoms with Crippen LogP contribution in [0.25, 0.3) is 0 Å². The summed E-state index contributed by atoms with van der Waals surface area (Å²) in [6.45, 7) is 4.66. The van der Waals surface area contributed by atoms with Crippen LogP contribution in [0.4, 0.5) is 4.39 Å². The molecule has 9 heteroatoms. The summed E-state index contributed by atoms with van der Waals surface area (Å²) in [5.74, 6) is -0.388. The summed E-state index contributed by atoms with van der Waals surface area (Å²) in [6, 6.07) is 17.6. The van der Waals surface area contributed by atoms with Crippen molar-refractivity contribution in [3.8, 4) is 0 Å². The van der Waals surface area contributed by atoms with Crippen LogP contribution in [0.5, 0.6) is 0 Å². The minimum Gasteiger partial charge on any atom is -0.455 e. The third-order valence-electron chi connectivity index (χ3n) is 7.09. The second-order valence-electron chi connectivity index (χ2n) is 9.91. The zero-order chi connectivity index (χ0) is 27.0. The van der Waals surface area contributed by atoms with E-state index >= 15 is 0 Å². The van der Waals surface area contributed by atoms with E-state index in [0.29, 0.717) is 44.2 Å². The van der Waals surface area contributed by atoms with Crippen molar-refractivity contribution < 1.29 is 27.9 Å². The normalized spacial score (nSPS) is 18.5. The number of benzene rings is 2. The third kappa shape index (κ3) is 7.11. The molecule has 5 rings (SSSR count). The van der Waals surface area contributed by atoms with Crippen molar-refractivity contribution in [3.63, 3.8) is 0 Å². The van der Waals surface area contributed by atoms with E-state index in [2.05, 4.69) is 10.2 Å². The molecule has 2 aliphatic rings. The Morgan fingerprint density at radius 3 is 2.49 bits per heavy atom. The Hall–Kier alpha value is -3.53. The number of carbonyl (C=O) groups is 2. The SMILES string of the molecule is O=C(NC[C@@H]1CCCO1)[C@@H](c1ccc(F)cc1)N(Cc1ccccc1)C(=O)c1ccc(CN2CCOCC2)o1. The van der Waals surface area contributed by atoms with Gasteiger partial charge >= 0.3 is 0 Å². The van der Waals surface area contributed by atoms with Crippen LogP contribution < -0.4 is 5.32 Å². The molecule has 8 nitrogen and oxygen atoms in total. The molecule has 2 atom stereocenters. The molecule has 3 aromatic rings. The van der Waals surface area contributed by atoms with E-state index in [1.54, 1.807) is 24.3 Å². The number of carbonyl (C=O) groups excluding carboxylic acids is 2. The van der Waals surface area contributed by atoms with Gasteiger partial charge < -0.3 is 24.1 Å². The first kappa shape index (κ1) is 27.1. The summed E-state index contributed by atoms with van der Waals surface area (Å²) in [5.41, 5.74) is 1.36. The Kier molecular flexibility index (Phi) is 9.03. The smallest absolute Gasteiger partial charge is 0.290 e. The van der Waals surface area contributed by atoms with E-state index in [4.69, 9.17) is 13.9 Å². The van der Waals surface area contributed by atoms with Crippen LogP contribution in [0.3, 0.4) is 0 Å². The average molecular weight is 536 g/mol. The number of nitrogens with one attached hydrogen (secondary N) is 1. The molecule has 2 fully saturated rings. The number of hydrogen-bond donors (Lipinski definition) is 1. The van der Waals surface area contributed by atoms with Gasteiger partial charge in [0.05, 0.1) is 25.9 Å². The molecule has 1 N–H and O–H groups in total. The lowest BCUT2D eigenvalue weighted by Crippen LogP contribution is -2.45. The Morgan fingerprint density at radius 1 is 1.00 bits per heavy atom. The summed E-state index contributed by atoms with van der Waals surface area (Å²) in [6.07, 6.45) is 1.76. The van der Waals surface area contributed by atoms with Crippen molar-refractivity contribution in [2.45, 2.75) is 38.1 Å². The average Bonchev–Trinajstić information content (AvgIpc) is 3.66. The minimum atomic E-state index is -1.01. The molecular weight excluding hydrogens is 501 g/mol. The highest BCUT2D eigenvalue weighted by Gasteiger charge is 2.34. The Labute approximate surface area is 227 Å². The highest BCUT2D eigenvalue weighted by molar-refractivity contribution is 5.96. The maximum Gasteiger partial charge on any atom is 0.290 e. The van der Waals surface area contributed by atoms with Gasteiger partial charge in [0.25, 0.3) is 5.91 Å². The zero-order valence-electron chi connectivity index (χ0n) is 21.9. The predicted molar refractivity (Wildman–Crippen MR) is 142 cm³/mol. The van der Waals surface area contributed by atoms with Crippen LogP contribution in [0.1, 0.15) is 46.3 Å². The maximum absolute atomic E-state index is 14.0. The van der Waals surface area contributed by atoms with Crippen molar-refractivity contribution in [2.75, 3.05) is 39.5 Å². The molecule has 0 bridgehead atoms. The van der Waals surface area contributed by atoms with Crippen molar-refractivity contribution in [3.05, 3.63) is 95.2 Å². The van der Waals surface area contributed by atoms with Gasteiger partial charge in [-0.3, -0.25) is 14.5 Å². The van der Waals surface area contributed by atoms with Crippen LogP contribution in [-0.4, -0.2) is 67.2 Å². The highest BCUT2D eigenvalue weighted by atomic mass is 19.1. The first-order chi connectivity index (χ1) is 19.1. The molecule has 0 saturated carbocycles. The van der Waals surface area contributed by atoms with Gasteiger partial charge in [-0.1, -0.05) is 42.5 Å². The van der Waals surface area contributed by atoms with Crippen molar-refractivity contribution in [1.82, 2.24) is 15.1 Å². The minimum absolute atomic E-state index is 0.0612. The fourth-order valence-corrected chi connectivity index (χ4v) is 4.99. The number of furan rings is 1. The summed E-state index contributed by atoms with van der Waals surface area (Å²) >= 11 is 0. The number of rotatable bonds is 10. The number of hydrogen-bond acceptors (Lipinski definition) is 6. The first-order valence-electron chi connectivity index (χ1n) is 13.5. The lowest BCUT2D eigenvalue weighted by molar-refractivity contribution is -0.126. The third-order valence-corrected chi connectivity index (χ3v) is 7.09. The second-order valence-corrected chi connectivity index (χ2v) is 9.91. The van der Waals surface area contributed by atoms with Crippen LogP contribution in [0.2, 0.25) is 0 Å². The molecule has 0 spiro atoms. The van der Waals surface area contributed by atoms with Gasteiger partial charge in [-0.05, 0) is 48.2 Å². The van der Waals surface area contributed by atoms with Gasteiger partial charge in [-0.2, -0.15) is 0 Å². The summed E-state index contributed by atoms with van der Waals surface area (Å²) < 4.78 is 30.9. The van der Waals surface area contributed by atoms with Crippen LogP contribution >= 0.6 is 0 Å². The molecule has 0 aliphatic carbocycles. The van der Waals surface area contributed by atoms with E-state index < -0.39 is 17.8 Å². The number of nitrogens with zero attached hydrogens (tertiary/aromatic N) is 2. The van der Waals surface area contributed by atoms with Crippen LogP contribution in [0, 0.1) is 5.82 Å². The number of halogens is 1. The molecule has 1 aromatic heterocycles. The van der Waals surface area contributed by atoms with Crippen LogP contribution in [-0.2, 0) is 27.4 Å². The van der Waals surface area contributed by atoms with E-state index in [1.165, 1.54) is 17.0 Å². The van der Waals surface area contributed by atoms with Gasteiger partial charge in [-0.25, -0.2) is 4.39 Å². The number of ether oxygens (including phenoxy) is 2. The van der Waals surface area contributed by atoms with Crippen molar-refractivity contribution in [2.24, 2.45) is 0 Å². The van der Waals surface area contributed by atoms with Crippen molar-refractivity contribution >= 4 is 11.8 Å². The molecule has 2 aromatic carbocycles. The lowest BCUT2D eigenvalue weighted by atomic mass is 10.0. The summed E-state index contributed by atoms with van der Waals surface area (Å²) in [7, 11) is 0. The fourth-order valence-electron chi connectivity index (χ4n) is 4.99. The zero-order valence-corrected chi connectivity index (χ0v) is 21.9. The fraction of sp³-hybridized carbons (Fsp3) is 0.400. The van der Waals surface area contributed by atoms with Crippen molar-refractivity contribution in [1.29, 1.82) is 0 Å². The largest absolute Gasteiger partial charge is 0.455 e. The van der Waals surface area contributed by atoms with Gasteiger partial charge in [0.15, 0.2) is 5.76 Å². The molecule has 0 unspecified atom stereocenters. The topological polar surface area (TPSA) is 84.2 Å². The first-order valence-corrected chi connectivity index (χ1v) is 13.5. The molecular formula is C30H34FN3O5. The predicted octanol–water partition coefficient (Wildman–Crippen LogP) is 3.93. The van der Waals surface area contributed by atoms with E-state index in [1.807, 2.05) is 30.3 Å². The van der Waals surface area contributed by atoms with Gasteiger partial charge in [0.2, 0.25) is 5.91 Å². The van der Waals surface area contributed by atoms with E-state index in [9.17, 15) is 14.0 Å². The Balaban J connectivity index is 1.43.